The normalized spacial score (nSPS) is 12.2. The zero-order chi connectivity index (χ0) is 30.1. The van der Waals surface area contributed by atoms with E-state index < -0.39 is 5.97 Å². The smallest absolute Gasteiger partial charge is 0.306 e. The molecule has 4 heteroatoms. The molecule has 4 nitrogen and oxygen atoms in total. The van der Waals surface area contributed by atoms with Crippen LogP contribution in [0.25, 0.3) is 0 Å². The minimum absolute atomic E-state index is 0.00249. The van der Waals surface area contributed by atoms with Crippen molar-refractivity contribution in [3.63, 3.8) is 0 Å². The molecular formula is C37H70O4. The van der Waals surface area contributed by atoms with Crippen molar-refractivity contribution in [2.75, 3.05) is 0 Å². The molecule has 0 aliphatic heterocycles. The zero-order valence-corrected chi connectivity index (χ0v) is 27.6. The molecule has 0 aromatic heterocycles. The molecule has 0 aromatic carbocycles. The van der Waals surface area contributed by atoms with Gasteiger partial charge in [-0.25, -0.2) is 0 Å². The first-order valence-electron chi connectivity index (χ1n) is 18.1. The Hall–Kier alpha value is -1.32. The standard InChI is InChI=1S/C37H70O4/c1-3-4-5-6-7-8-9-10-16-19-22-25-28-31-34-37(40)41-35(2)32-29-26-23-20-17-14-12-11-13-15-18-21-24-27-30-33-36(38)39/h8-9,35H,3-7,10-34H2,1-2H3,(H,38,39)/b9-8-. The zero-order valence-electron chi connectivity index (χ0n) is 27.6. The molecule has 0 saturated heterocycles. The van der Waals surface area contributed by atoms with E-state index >= 15 is 0 Å². The lowest BCUT2D eigenvalue weighted by Crippen LogP contribution is -2.14. The SMILES string of the molecule is CCCCCC/C=C\CCCCCCCCC(=O)OC(C)CCCCCCCCCCCCCCCCCC(=O)O. The van der Waals surface area contributed by atoms with Gasteiger partial charge in [-0.1, -0.05) is 147 Å². The van der Waals surface area contributed by atoms with Gasteiger partial charge >= 0.3 is 11.9 Å². The van der Waals surface area contributed by atoms with Crippen LogP contribution in [0.15, 0.2) is 12.2 Å². The van der Waals surface area contributed by atoms with Crippen LogP contribution in [0.5, 0.6) is 0 Å². The molecule has 41 heavy (non-hydrogen) atoms. The summed E-state index contributed by atoms with van der Waals surface area (Å²) in [6.07, 6.45) is 40.7. The minimum atomic E-state index is -0.665. The van der Waals surface area contributed by atoms with E-state index in [1.165, 1.54) is 148 Å². The number of carboxylic acids is 1. The number of rotatable bonds is 33. The lowest BCUT2D eigenvalue weighted by molar-refractivity contribution is -0.148. The lowest BCUT2D eigenvalue weighted by atomic mass is 10.0. The van der Waals surface area contributed by atoms with Crippen LogP contribution in [0.4, 0.5) is 0 Å². The Labute approximate surface area is 255 Å². The van der Waals surface area contributed by atoms with E-state index in [2.05, 4.69) is 26.0 Å². The van der Waals surface area contributed by atoms with Crippen LogP contribution in [-0.4, -0.2) is 23.1 Å². The van der Waals surface area contributed by atoms with Gasteiger partial charge in [0, 0.05) is 12.8 Å². The second kappa shape index (κ2) is 33.2. The molecule has 1 unspecified atom stereocenters. The van der Waals surface area contributed by atoms with E-state index in [0.29, 0.717) is 12.8 Å². The van der Waals surface area contributed by atoms with Crippen LogP contribution in [-0.2, 0) is 14.3 Å². The number of ether oxygens (including phenoxy) is 1. The van der Waals surface area contributed by atoms with Gasteiger partial charge in [0.05, 0.1) is 6.10 Å². The van der Waals surface area contributed by atoms with Crippen molar-refractivity contribution < 1.29 is 19.4 Å². The maximum atomic E-state index is 12.1. The molecule has 0 rings (SSSR count). The van der Waals surface area contributed by atoms with Crippen molar-refractivity contribution in [1.29, 1.82) is 0 Å². The van der Waals surface area contributed by atoms with Gasteiger partial charge in [-0.2, -0.15) is 0 Å². The first-order valence-corrected chi connectivity index (χ1v) is 18.1. The highest BCUT2D eigenvalue weighted by Crippen LogP contribution is 2.16. The van der Waals surface area contributed by atoms with Crippen LogP contribution >= 0.6 is 0 Å². The summed E-state index contributed by atoms with van der Waals surface area (Å²) in [7, 11) is 0. The van der Waals surface area contributed by atoms with Gasteiger partial charge in [0.15, 0.2) is 0 Å². The Balaban J connectivity index is 3.30. The number of esters is 1. The van der Waals surface area contributed by atoms with E-state index in [4.69, 9.17) is 9.84 Å². The van der Waals surface area contributed by atoms with E-state index in [1.54, 1.807) is 0 Å². The number of hydrogen-bond donors (Lipinski definition) is 1. The molecule has 1 N–H and O–H groups in total. The maximum Gasteiger partial charge on any atom is 0.306 e. The Kier molecular flexibility index (Phi) is 32.1. The Bertz CT molecular complexity index is 585. The van der Waals surface area contributed by atoms with Crippen LogP contribution in [0.2, 0.25) is 0 Å². The molecule has 0 spiro atoms. The quantitative estimate of drug-likeness (QED) is 0.0478. The van der Waals surface area contributed by atoms with E-state index in [-0.39, 0.29) is 12.1 Å². The summed E-state index contributed by atoms with van der Waals surface area (Å²) in [5.41, 5.74) is 0. The average molecular weight is 579 g/mol. The average Bonchev–Trinajstić information content (AvgIpc) is 2.94. The summed E-state index contributed by atoms with van der Waals surface area (Å²) >= 11 is 0. The number of allylic oxidation sites excluding steroid dienone is 2. The highest BCUT2D eigenvalue weighted by molar-refractivity contribution is 5.69. The molecule has 242 valence electrons. The molecule has 0 aromatic rings. The third-order valence-corrected chi connectivity index (χ3v) is 8.23. The van der Waals surface area contributed by atoms with E-state index in [9.17, 15) is 9.59 Å². The summed E-state index contributed by atoms with van der Waals surface area (Å²) in [5, 5.41) is 8.63. The maximum absolute atomic E-state index is 12.1. The highest BCUT2D eigenvalue weighted by atomic mass is 16.5. The van der Waals surface area contributed by atoms with E-state index in [1.807, 2.05) is 0 Å². The summed E-state index contributed by atoms with van der Waals surface area (Å²) in [6.45, 7) is 4.32. The highest BCUT2D eigenvalue weighted by Gasteiger charge is 2.09. The Morgan fingerprint density at radius 1 is 0.537 bits per heavy atom. The molecule has 0 radical (unpaired) electrons. The summed E-state index contributed by atoms with van der Waals surface area (Å²) in [4.78, 5) is 22.6. The minimum Gasteiger partial charge on any atom is -0.481 e. The second-order valence-corrected chi connectivity index (χ2v) is 12.5. The van der Waals surface area contributed by atoms with Gasteiger partial charge in [-0.05, 0) is 58.3 Å². The lowest BCUT2D eigenvalue weighted by Gasteiger charge is -2.13. The predicted octanol–water partition coefficient (Wildman–Crippen LogP) is 12.3. The van der Waals surface area contributed by atoms with Crippen molar-refractivity contribution in [3.05, 3.63) is 12.2 Å². The molecule has 0 heterocycles. The fourth-order valence-electron chi connectivity index (χ4n) is 5.51. The Morgan fingerprint density at radius 3 is 1.34 bits per heavy atom. The molecular weight excluding hydrogens is 508 g/mol. The van der Waals surface area contributed by atoms with Crippen LogP contribution in [0, 0.1) is 0 Å². The summed E-state index contributed by atoms with van der Waals surface area (Å²) in [6, 6.07) is 0. The third kappa shape index (κ3) is 34.8. The van der Waals surface area contributed by atoms with Crippen molar-refractivity contribution >= 4 is 11.9 Å². The summed E-state index contributed by atoms with van der Waals surface area (Å²) < 4.78 is 5.63. The van der Waals surface area contributed by atoms with Gasteiger partial charge in [-0.3, -0.25) is 9.59 Å². The van der Waals surface area contributed by atoms with Crippen LogP contribution in [0.3, 0.4) is 0 Å². The predicted molar refractivity (Wildman–Crippen MR) is 177 cm³/mol. The number of hydrogen-bond acceptors (Lipinski definition) is 3. The van der Waals surface area contributed by atoms with Gasteiger partial charge in [0.25, 0.3) is 0 Å². The van der Waals surface area contributed by atoms with Crippen molar-refractivity contribution in [2.24, 2.45) is 0 Å². The van der Waals surface area contributed by atoms with Crippen LogP contribution in [0.1, 0.15) is 206 Å². The molecule has 0 fully saturated rings. The van der Waals surface area contributed by atoms with Gasteiger partial charge in [-0.15, -0.1) is 0 Å². The van der Waals surface area contributed by atoms with Crippen LogP contribution < -0.4 is 0 Å². The molecule has 0 bridgehead atoms. The largest absolute Gasteiger partial charge is 0.481 e. The molecule has 0 amide bonds. The number of carbonyl (C=O) groups excluding carboxylic acids is 1. The topological polar surface area (TPSA) is 63.6 Å². The Morgan fingerprint density at radius 2 is 0.902 bits per heavy atom. The van der Waals surface area contributed by atoms with Gasteiger partial charge < -0.3 is 9.84 Å². The third-order valence-electron chi connectivity index (χ3n) is 8.23. The van der Waals surface area contributed by atoms with Crippen molar-refractivity contribution in [1.82, 2.24) is 0 Å². The molecule has 0 saturated carbocycles. The van der Waals surface area contributed by atoms with Crippen molar-refractivity contribution in [3.8, 4) is 0 Å². The number of carboxylic acid groups (broad SMARTS) is 1. The van der Waals surface area contributed by atoms with Gasteiger partial charge in [0.1, 0.15) is 0 Å². The number of aliphatic carboxylic acids is 1. The van der Waals surface area contributed by atoms with Gasteiger partial charge in [0.2, 0.25) is 0 Å². The first kappa shape index (κ1) is 39.7. The number of unbranched alkanes of at least 4 members (excludes halogenated alkanes) is 24. The second-order valence-electron chi connectivity index (χ2n) is 12.5. The molecule has 1 atom stereocenters. The van der Waals surface area contributed by atoms with Crippen molar-refractivity contribution in [2.45, 2.75) is 213 Å². The monoisotopic (exact) mass is 579 g/mol. The molecule has 0 aliphatic rings. The van der Waals surface area contributed by atoms with E-state index in [0.717, 1.165) is 32.1 Å². The fourth-order valence-corrected chi connectivity index (χ4v) is 5.51. The first-order chi connectivity index (χ1) is 20.1. The molecule has 0 aliphatic carbocycles. The fraction of sp³-hybridized carbons (Fsp3) is 0.892. The summed E-state index contributed by atoms with van der Waals surface area (Å²) in [5.74, 6) is -0.668. The number of carbonyl (C=O) groups is 2.